The van der Waals surface area contributed by atoms with E-state index in [4.69, 9.17) is 14.3 Å². The van der Waals surface area contributed by atoms with E-state index < -0.39 is 12.1 Å². The molecule has 0 aromatic carbocycles. The van der Waals surface area contributed by atoms with Crippen LogP contribution in [-0.4, -0.2) is 59.6 Å². The number of carbonyl (C=O) groups is 2. The molecule has 0 aliphatic carbocycles. The minimum Gasteiger partial charge on any atom is -0.475 e. The monoisotopic (exact) mass is 392 g/mol. The molecule has 2 rings (SSSR count). The highest BCUT2D eigenvalue weighted by molar-refractivity contribution is 5.76. The summed E-state index contributed by atoms with van der Waals surface area (Å²) in [6, 6.07) is 3.87. The maximum atomic E-state index is 12.1. The van der Waals surface area contributed by atoms with E-state index in [1.807, 2.05) is 26.1 Å². The van der Waals surface area contributed by atoms with Gasteiger partial charge in [-0.15, -0.1) is 0 Å². The van der Waals surface area contributed by atoms with Gasteiger partial charge in [0.15, 0.2) is 0 Å². The molecule has 0 saturated carbocycles. The number of nitrogens with zero attached hydrogens (tertiary/aromatic N) is 2. The lowest BCUT2D eigenvalue weighted by molar-refractivity contribution is -0.192. The number of rotatable bonds is 5. The Morgan fingerprint density at radius 1 is 1.37 bits per heavy atom. The molecule has 1 unspecified atom stereocenters. The second-order valence-corrected chi connectivity index (χ2v) is 6.86. The largest absolute Gasteiger partial charge is 0.490 e. The van der Waals surface area contributed by atoms with Gasteiger partial charge >= 0.3 is 12.1 Å². The number of halogens is 3. The Bertz CT molecular complexity index is 616. The third-order valence-corrected chi connectivity index (χ3v) is 4.24. The van der Waals surface area contributed by atoms with Crippen LogP contribution in [0.3, 0.4) is 0 Å². The molecule has 6 nitrogen and oxygen atoms in total. The number of hydrogen-bond acceptors (Lipinski definition) is 4. The molecule has 1 N–H and O–H groups in total. The molecule has 1 aliphatic heterocycles. The zero-order valence-electron chi connectivity index (χ0n) is 15.9. The van der Waals surface area contributed by atoms with Crippen molar-refractivity contribution in [2.75, 3.05) is 26.7 Å². The number of amides is 1. The highest BCUT2D eigenvalue weighted by Gasteiger charge is 2.38. The van der Waals surface area contributed by atoms with Crippen molar-refractivity contribution in [3.63, 3.8) is 0 Å². The van der Waals surface area contributed by atoms with Crippen molar-refractivity contribution in [3.8, 4) is 0 Å². The van der Waals surface area contributed by atoms with Crippen LogP contribution in [0, 0.1) is 12.8 Å². The summed E-state index contributed by atoms with van der Waals surface area (Å²) in [4.78, 5) is 25.2. The van der Waals surface area contributed by atoms with E-state index >= 15 is 0 Å². The summed E-state index contributed by atoms with van der Waals surface area (Å²) in [7, 11) is 1.85. The molecule has 9 heteroatoms. The van der Waals surface area contributed by atoms with Gasteiger partial charge in [0.2, 0.25) is 5.91 Å². The Kier molecular flexibility index (Phi) is 8.81. The first kappa shape index (κ1) is 23.0. The Morgan fingerprint density at radius 2 is 2.00 bits per heavy atom. The summed E-state index contributed by atoms with van der Waals surface area (Å²) < 4.78 is 37.2. The Hall–Kier alpha value is -2.03. The highest BCUT2D eigenvalue weighted by atomic mass is 19.4. The molecule has 1 aromatic rings. The fraction of sp³-hybridized carbons (Fsp3) is 0.667. The SMILES string of the molecule is Cc1ccc(CN(C)C(=O)CCN2CCCC(C)C2)o1.O=C(O)C(F)(F)F. The summed E-state index contributed by atoms with van der Waals surface area (Å²) in [5, 5.41) is 7.12. The van der Waals surface area contributed by atoms with Crippen molar-refractivity contribution in [1.29, 1.82) is 0 Å². The molecule has 1 amide bonds. The summed E-state index contributed by atoms with van der Waals surface area (Å²) in [6.45, 7) is 7.92. The van der Waals surface area contributed by atoms with Gasteiger partial charge in [0, 0.05) is 26.6 Å². The van der Waals surface area contributed by atoms with E-state index in [1.165, 1.54) is 12.8 Å². The molecule has 27 heavy (non-hydrogen) atoms. The van der Waals surface area contributed by atoms with E-state index in [0.717, 1.165) is 37.1 Å². The molecule has 1 saturated heterocycles. The molecule has 154 valence electrons. The second-order valence-electron chi connectivity index (χ2n) is 6.86. The molecule has 1 aliphatic rings. The smallest absolute Gasteiger partial charge is 0.475 e. The number of carbonyl (C=O) groups excluding carboxylic acids is 1. The van der Waals surface area contributed by atoms with Crippen molar-refractivity contribution >= 4 is 11.9 Å². The number of likely N-dealkylation sites (tertiary alicyclic amines) is 1. The van der Waals surface area contributed by atoms with Crippen LogP contribution in [0.4, 0.5) is 13.2 Å². The Labute approximate surface area is 156 Å². The number of piperidine rings is 1. The summed E-state index contributed by atoms with van der Waals surface area (Å²) in [5.74, 6) is -0.0550. The van der Waals surface area contributed by atoms with Crippen molar-refractivity contribution in [2.45, 2.75) is 45.8 Å². The summed E-state index contributed by atoms with van der Waals surface area (Å²) >= 11 is 0. The lowest BCUT2D eigenvalue weighted by Crippen LogP contribution is -2.37. The predicted molar refractivity (Wildman–Crippen MR) is 93.1 cm³/mol. The number of furan rings is 1. The molecule has 1 fully saturated rings. The van der Waals surface area contributed by atoms with Crippen LogP contribution in [0.15, 0.2) is 16.5 Å². The van der Waals surface area contributed by atoms with E-state index in [0.29, 0.717) is 13.0 Å². The van der Waals surface area contributed by atoms with Crippen LogP contribution in [0.2, 0.25) is 0 Å². The van der Waals surface area contributed by atoms with Crippen LogP contribution >= 0.6 is 0 Å². The summed E-state index contributed by atoms with van der Waals surface area (Å²) in [6.07, 6.45) is -1.90. The number of aliphatic carboxylic acids is 1. The van der Waals surface area contributed by atoms with Crippen LogP contribution in [0.5, 0.6) is 0 Å². The standard InChI is InChI=1S/C16H26N2O2.C2HF3O2/c1-13-5-4-9-18(11-13)10-8-16(19)17(3)12-15-7-6-14(2)20-15;3-2(4,5)1(6)7/h6-7,13H,4-5,8-12H2,1-3H3;(H,6,7). The average Bonchev–Trinajstić information content (AvgIpc) is 2.97. The minimum absolute atomic E-state index is 0.192. The van der Waals surface area contributed by atoms with Gasteiger partial charge in [0.25, 0.3) is 0 Å². The predicted octanol–water partition coefficient (Wildman–Crippen LogP) is 3.30. The maximum Gasteiger partial charge on any atom is 0.490 e. The number of hydrogen-bond donors (Lipinski definition) is 1. The zero-order chi connectivity index (χ0) is 20.6. The summed E-state index contributed by atoms with van der Waals surface area (Å²) in [5.41, 5.74) is 0. The molecule has 0 bridgehead atoms. The second kappa shape index (κ2) is 10.3. The van der Waals surface area contributed by atoms with Crippen molar-refractivity contribution < 1.29 is 32.3 Å². The normalized spacial score (nSPS) is 17.8. The van der Waals surface area contributed by atoms with Crippen LogP contribution in [-0.2, 0) is 16.1 Å². The average molecular weight is 392 g/mol. The van der Waals surface area contributed by atoms with E-state index in [1.54, 1.807) is 4.90 Å². The number of carboxylic acids is 1. The van der Waals surface area contributed by atoms with Gasteiger partial charge in [-0.25, -0.2) is 4.79 Å². The van der Waals surface area contributed by atoms with Gasteiger partial charge in [0.05, 0.1) is 6.54 Å². The third-order valence-electron chi connectivity index (χ3n) is 4.24. The van der Waals surface area contributed by atoms with Gasteiger partial charge in [-0.1, -0.05) is 6.92 Å². The van der Waals surface area contributed by atoms with Crippen molar-refractivity contribution in [3.05, 3.63) is 23.7 Å². The fourth-order valence-electron chi connectivity index (χ4n) is 2.83. The fourth-order valence-corrected chi connectivity index (χ4v) is 2.83. The lowest BCUT2D eigenvalue weighted by Gasteiger charge is -2.31. The molecule has 2 heterocycles. The van der Waals surface area contributed by atoms with Crippen molar-refractivity contribution in [1.82, 2.24) is 9.80 Å². The van der Waals surface area contributed by atoms with Gasteiger partial charge in [-0.3, -0.25) is 4.79 Å². The topological polar surface area (TPSA) is 74.0 Å². The number of alkyl halides is 3. The van der Waals surface area contributed by atoms with Gasteiger partial charge < -0.3 is 19.3 Å². The molecular weight excluding hydrogens is 365 g/mol. The van der Waals surface area contributed by atoms with E-state index in [9.17, 15) is 18.0 Å². The van der Waals surface area contributed by atoms with Gasteiger partial charge in [0.1, 0.15) is 11.5 Å². The molecule has 0 radical (unpaired) electrons. The Balaban J connectivity index is 0.000000445. The molecular formula is C18H27F3N2O4. The van der Waals surface area contributed by atoms with Gasteiger partial charge in [-0.2, -0.15) is 13.2 Å². The molecule has 1 atom stereocenters. The number of carboxylic acid groups (broad SMARTS) is 1. The van der Waals surface area contributed by atoms with Crippen LogP contribution < -0.4 is 0 Å². The quantitative estimate of drug-likeness (QED) is 0.832. The zero-order valence-corrected chi connectivity index (χ0v) is 15.9. The first-order valence-electron chi connectivity index (χ1n) is 8.80. The number of aryl methyl sites for hydroxylation is 1. The highest BCUT2D eigenvalue weighted by Crippen LogP contribution is 2.16. The maximum absolute atomic E-state index is 12.1. The van der Waals surface area contributed by atoms with Crippen LogP contribution in [0.1, 0.15) is 37.7 Å². The minimum atomic E-state index is -5.08. The van der Waals surface area contributed by atoms with E-state index in [-0.39, 0.29) is 5.91 Å². The first-order valence-corrected chi connectivity index (χ1v) is 8.80. The first-order chi connectivity index (χ1) is 12.5. The Morgan fingerprint density at radius 3 is 2.48 bits per heavy atom. The molecule has 1 aromatic heterocycles. The van der Waals surface area contributed by atoms with E-state index in [2.05, 4.69) is 11.8 Å². The van der Waals surface area contributed by atoms with Crippen molar-refractivity contribution in [2.24, 2.45) is 5.92 Å². The third kappa shape index (κ3) is 8.94. The van der Waals surface area contributed by atoms with Crippen LogP contribution in [0.25, 0.3) is 0 Å². The van der Waals surface area contributed by atoms with Gasteiger partial charge in [-0.05, 0) is 44.4 Å². The molecule has 0 spiro atoms. The lowest BCUT2D eigenvalue weighted by atomic mass is 10.0.